The van der Waals surface area contributed by atoms with Crippen molar-refractivity contribution in [2.45, 2.75) is 6.18 Å². The van der Waals surface area contributed by atoms with E-state index in [0.29, 0.717) is 5.69 Å². The van der Waals surface area contributed by atoms with Crippen LogP contribution in [0.25, 0.3) is 0 Å². The Balaban J connectivity index is 2.49. The lowest BCUT2D eigenvalue weighted by molar-refractivity contribution is -0.137. The number of nitrogens with zero attached hydrogens (tertiary/aromatic N) is 1. The molecule has 1 aromatic heterocycles. The highest BCUT2D eigenvalue weighted by Crippen LogP contribution is 2.29. The van der Waals surface area contributed by atoms with Gasteiger partial charge in [-0.05, 0) is 24.3 Å². The number of nitrogens with one attached hydrogen (secondary N) is 2. The van der Waals surface area contributed by atoms with Crippen LogP contribution in [0.5, 0.6) is 0 Å². The molecule has 0 saturated carbocycles. The van der Waals surface area contributed by atoms with Crippen molar-refractivity contribution in [1.82, 2.24) is 4.57 Å². The molecular formula is C13H11F3N4. The number of pyridine rings is 1. The second kappa shape index (κ2) is 4.84. The fourth-order valence-corrected chi connectivity index (χ4v) is 1.68. The molecule has 4 N–H and O–H groups in total. The fourth-order valence-electron chi connectivity index (χ4n) is 1.68. The predicted molar refractivity (Wildman–Crippen MR) is 68.4 cm³/mol. The van der Waals surface area contributed by atoms with E-state index >= 15 is 0 Å². The summed E-state index contributed by atoms with van der Waals surface area (Å²) in [5, 5.41) is 15.6. The van der Waals surface area contributed by atoms with Crippen molar-refractivity contribution in [2.75, 3.05) is 5.73 Å². The van der Waals surface area contributed by atoms with Gasteiger partial charge in [0.15, 0.2) is 0 Å². The van der Waals surface area contributed by atoms with Crippen molar-refractivity contribution in [1.29, 1.82) is 10.8 Å². The second-order valence-electron chi connectivity index (χ2n) is 4.14. The van der Waals surface area contributed by atoms with Crippen LogP contribution in [-0.4, -0.2) is 10.4 Å². The summed E-state index contributed by atoms with van der Waals surface area (Å²) in [7, 11) is 0. The number of nitrogens with two attached hydrogens (primary N) is 1. The van der Waals surface area contributed by atoms with Gasteiger partial charge in [-0.3, -0.25) is 15.4 Å². The Morgan fingerprint density at radius 2 is 1.85 bits per heavy atom. The van der Waals surface area contributed by atoms with E-state index in [1.807, 2.05) is 0 Å². The Morgan fingerprint density at radius 3 is 2.50 bits per heavy atom. The molecular weight excluding hydrogens is 269 g/mol. The number of rotatable bonds is 1. The Morgan fingerprint density at radius 1 is 1.15 bits per heavy atom. The number of halogens is 3. The average Bonchev–Trinajstić information content (AvgIpc) is 2.40. The zero-order valence-electron chi connectivity index (χ0n) is 10.2. The summed E-state index contributed by atoms with van der Waals surface area (Å²) in [5.41, 5.74) is 5.06. The van der Waals surface area contributed by atoms with Gasteiger partial charge in [0.2, 0.25) is 0 Å². The third-order valence-electron chi connectivity index (χ3n) is 2.68. The van der Waals surface area contributed by atoms with Crippen molar-refractivity contribution in [2.24, 2.45) is 0 Å². The molecule has 0 aliphatic heterocycles. The maximum Gasteiger partial charge on any atom is 0.416 e. The minimum absolute atomic E-state index is 0.0402. The molecule has 4 nitrogen and oxygen atoms in total. The van der Waals surface area contributed by atoms with E-state index in [1.165, 1.54) is 30.5 Å². The van der Waals surface area contributed by atoms with Gasteiger partial charge in [0, 0.05) is 17.4 Å². The van der Waals surface area contributed by atoms with E-state index in [4.69, 9.17) is 16.6 Å². The molecule has 104 valence electrons. The molecule has 7 heteroatoms. The predicted octanol–water partition coefficient (Wildman–Crippen LogP) is 2.44. The number of hydrogen-bond donors (Lipinski definition) is 3. The first-order chi connectivity index (χ1) is 9.29. The normalized spacial score (nSPS) is 11.3. The van der Waals surface area contributed by atoms with Gasteiger partial charge in [0.1, 0.15) is 11.3 Å². The van der Waals surface area contributed by atoms with Crippen LogP contribution >= 0.6 is 0 Å². The molecule has 0 aliphatic rings. The molecule has 1 aromatic carbocycles. The Kier molecular flexibility index (Phi) is 3.35. The van der Waals surface area contributed by atoms with Gasteiger partial charge in [-0.1, -0.05) is 12.1 Å². The quantitative estimate of drug-likeness (QED) is 0.544. The van der Waals surface area contributed by atoms with E-state index in [0.717, 1.165) is 16.7 Å². The Labute approximate surface area is 112 Å². The number of alkyl halides is 3. The molecule has 0 spiro atoms. The Bertz CT molecular complexity index is 716. The highest BCUT2D eigenvalue weighted by molar-refractivity contribution is 5.98. The monoisotopic (exact) mass is 280 g/mol. The molecule has 2 aromatic rings. The zero-order chi connectivity index (χ0) is 14.9. The van der Waals surface area contributed by atoms with E-state index in [9.17, 15) is 13.2 Å². The lowest BCUT2D eigenvalue weighted by Crippen LogP contribution is -2.26. The molecule has 20 heavy (non-hydrogen) atoms. The highest BCUT2D eigenvalue weighted by atomic mass is 19.4. The minimum atomic E-state index is -4.47. The van der Waals surface area contributed by atoms with Crippen LogP contribution in [0.4, 0.5) is 18.9 Å². The first-order valence-electron chi connectivity index (χ1n) is 5.58. The number of hydrogen-bond acceptors (Lipinski definition) is 3. The van der Waals surface area contributed by atoms with E-state index in [2.05, 4.69) is 0 Å². The van der Waals surface area contributed by atoms with Gasteiger partial charge in [-0.25, -0.2) is 0 Å². The Hall–Kier alpha value is -2.57. The topological polar surface area (TPSA) is 78.7 Å². The van der Waals surface area contributed by atoms with Crippen molar-refractivity contribution < 1.29 is 13.2 Å². The van der Waals surface area contributed by atoms with Crippen LogP contribution in [0.15, 0.2) is 42.6 Å². The van der Waals surface area contributed by atoms with Crippen molar-refractivity contribution in [3.05, 3.63) is 59.2 Å². The SMILES string of the molecule is N=C(c1cccc(C(F)(F)F)c1)n1cc(N)ccc1=N. The van der Waals surface area contributed by atoms with E-state index in [-0.39, 0.29) is 16.9 Å². The summed E-state index contributed by atoms with van der Waals surface area (Å²) < 4.78 is 39.0. The summed E-state index contributed by atoms with van der Waals surface area (Å²) in [6.07, 6.45) is -3.15. The number of aromatic nitrogens is 1. The molecule has 2 rings (SSSR count). The highest BCUT2D eigenvalue weighted by Gasteiger charge is 2.30. The van der Waals surface area contributed by atoms with Gasteiger partial charge < -0.3 is 5.73 Å². The van der Waals surface area contributed by atoms with Gasteiger partial charge in [-0.15, -0.1) is 0 Å². The number of anilines is 1. The molecule has 0 atom stereocenters. The van der Waals surface area contributed by atoms with Crippen LogP contribution in [0, 0.1) is 10.8 Å². The fraction of sp³-hybridized carbons (Fsp3) is 0.0769. The molecule has 1 heterocycles. The molecule has 0 amide bonds. The van der Waals surface area contributed by atoms with Crippen LogP contribution in [0.3, 0.4) is 0 Å². The van der Waals surface area contributed by atoms with Crippen LogP contribution in [-0.2, 0) is 6.18 Å². The summed E-state index contributed by atoms with van der Waals surface area (Å²) in [6.45, 7) is 0. The van der Waals surface area contributed by atoms with E-state index in [1.54, 1.807) is 0 Å². The second-order valence-corrected chi connectivity index (χ2v) is 4.14. The van der Waals surface area contributed by atoms with Gasteiger partial charge in [-0.2, -0.15) is 13.2 Å². The van der Waals surface area contributed by atoms with Crippen molar-refractivity contribution in [3.8, 4) is 0 Å². The van der Waals surface area contributed by atoms with Crippen LogP contribution in [0.1, 0.15) is 11.1 Å². The van der Waals surface area contributed by atoms with Crippen LogP contribution in [0.2, 0.25) is 0 Å². The smallest absolute Gasteiger partial charge is 0.398 e. The number of benzene rings is 1. The molecule has 0 bridgehead atoms. The molecule has 0 radical (unpaired) electrons. The maximum atomic E-state index is 12.6. The number of nitrogen functional groups attached to an aromatic ring is 1. The maximum absolute atomic E-state index is 12.6. The van der Waals surface area contributed by atoms with Crippen LogP contribution < -0.4 is 11.2 Å². The van der Waals surface area contributed by atoms with Gasteiger partial charge in [0.05, 0.1) is 5.56 Å². The van der Waals surface area contributed by atoms with Gasteiger partial charge >= 0.3 is 6.18 Å². The molecule has 0 aliphatic carbocycles. The van der Waals surface area contributed by atoms with Gasteiger partial charge in [0.25, 0.3) is 0 Å². The zero-order valence-corrected chi connectivity index (χ0v) is 10.2. The molecule has 0 saturated heterocycles. The van der Waals surface area contributed by atoms with E-state index < -0.39 is 11.7 Å². The third-order valence-corrected chi connectivity index (χ3v) is 2.68. The minimum Gasteiger partial charge on any atom is -0.398 e. The van der Waals surface area contributed by atoms with Crippen molar-refractivity contribution >= 4 is 11.5 Å². The average molecular weight is 280 g/mol. The lowest BCUT2D eigenvalue weighted by Gasteiger charge is -2.12. The summed E-state index contributed by atoms with van der Waals surface area (Å²) in [4.78, 5) is 0. The third kappa shape index (κ3) is 2.71. The summed E-state index contributed by atoms with van der Waals surface area (Å²) in [5.74, 6) is -0.242. The first kappa shape index (κ1) is 13.9. The standard InChI is InChI=1S/C13H11F3N4/c14-13(15,16)9-3-1-2-8(6-9)12(19)20-7-10(17)4-5-11(20)18/h1-7,18-19H,17H2. The largest absolute Gasteiger partial charge is 0.416 e. The molecule has 0 fully saturated rings. The van der Waals surface area contributed by atoms with Crippen molar-refractivity contribution in [3.63, 3.8) is 0 Å². The first-order valence-corrected chi connectivity index (χ1v) is 5.58. The lowest BCUT2D eigenvalue weighted by atomic mass is 10.1. The summed E-state index contributed by atoms with van der Waals surface area (Å²) >= 11 is 0. The summed E-state index contributed by atoms with van der Waals surface area (Å²) in [6, 6.07) is 7.27. The molecule has 0 unspecified atom stereocenters.